The Bertz CT molecular complexity index is 669. The summed E-state index contributed by atoms with van der Waals surface area (Å²) in [5.41, 5.74) is 8.15. The highest BCUT2D eigenvalue weighted by atomic mass is 16.2. The Morgan fingerprint density at radius 1 is 1.05 bits per heavy atom. The number of carbonyl (C=O) groups excluding carboxylic acids is 2. The van der Waals surface area contributed by atoms with Gasteiger partial charge in [0.15, 0.2) is 0 Å². The molecule has 0 saturated carbocycles. The molecule has 0 aliphatic rings. The van der Waals surface area contributed by atoms with Crippen LogP contribution in [0.15, 0.2) is 48.5 Å². The van der Waals surface area contributed by atoms with Gasteiger partial charge in [0.05, 0.1) is 0 Å². The summed E-state index contributed by atoms with van der Waals surface area (Å²) >= 11 is 0. The normalized spacial score (nSPS) is 10.1. The lowest BCUT2D eigenvalue weighted by Crippen LogP contribution is -2.17. The van der Waals surface area contributed by atoms with Gasteiger partial charge in [-0.15, -0.1) is 0 Å². The van der Waals surface area contributed by atoms with Crippen LogP contribution in [0.2, 0.25) is 0 Å². The van der Waals surface area contributed by atoms with Crippen molar-refractivity contribution in [3.63, 3.8) is 0 Å². The molecular formula is C17H19N3O2. The van der Waals surface area contributed by atoms with Crippen molar-refractivity contribution >= 4 is 23.2 Å². The van der Waals surface area contributed by atoms with E-state index >= 15 is 0 Å². The zero-order valence-corrected chi connectivity index (χ0v) is 12.4. The SMILES string of the molecule is Cc1ccc(NC(=O)CCN)cc1NC(=O)c1ccccc1. The van der Waals surface area contributed by atoms with Gasteiger partial charge in [-0.05, 0) is 36.8 Å². The van der Waals surface area contributed by atoms with E-state index in [1.165, 1.54) is 0 Å². The maximum atomic E-state index is 12.2. The van der Waals surface area contributed by atoms with Crippen molar-refractivity contribution < 1.29 is 9.59 Å². The summed E-state index contributed by atoms with van der Waals surface area (Å²) < 4.78 is 0. The van der Waals surface area contributed by atoms with Crippen LogP contribution in [0.25, 0.3) is 0 Å². The number of nitrogens with one attached hydrogen (secondary N) is 2. The zero-order chi connectivity index (χ0) is 15.9. The molecule has 4 N–H and O–H groups in total. The van der Waals surface area contributed by atoms with E-state index in [0.29, 0.717) is 23.5 Å². The third kappa shape index (κ3) is 4.17. The van der Waals surface area contributed by atoms with Crippen LogP contribution in [0.1, 0.15) is 22.3 Å². The number of carbonyl (C=O) groups is 2. The van der Waals surface area contributed by atoms with Gasteiger partial charge < -0.3 is 16.4 Å². The van der Waals surface area contributed by atoms with Crippen molar-refractivity contribution in [1.82, 2.24) is 0 Å². The van der Waals surface area contributed by atoms with Crippen LogP contribution in [0.4, 0.5) is 11.4 Å². The molecule has 114 valence electrons. The van der Waals surface area contributed by atoms with Crippen LogP contribution in [-0.2, 0) is 4.79 Å². The Morgan fingerprint density at radius 2 is 1.77 bits per heavy atom. The molecule has 0 fully saturated rings. The number of anilines is 2. The van der Waals surface area contributed by atoms with Crippen LogP contribution in [0.3, 0.4) is 0 Å². The standard InChI is InChI=1S/C17H19N3O2/c1-12-7-8-14(19-16(21)9-10-18)11-15(12)20-17(22)13-5-3-2-4-6-13/h2-8,11H,9-10,18H2,1H3,(H,19,21)(H,20,22). The van der Waals surface area contributed by atoms with Crippen LogP contribution >= 0.6 is 0 Å². The van der Waals surface area contributed by atoms with E-state index in [0.717, 1.165) is 5.56 Å². The first-order chi connectivity index (χ1) is 10.6. The smallest absolute Gasteiger partial charge is 0.255 e. The van der Waals surface area contributed by atoms with Crippen LogP contribution in [0.5, 0.6) is 0 Å². The molecule has 0 aliphatic heterocycles. The highest BCUT2D eigenvalue weighted by Gasteiger charge is 2.09. The molecule has 2 aromatic rings. The lowest BCUT2D eigenvalue weighted by atomic mass is 10.1. The average molecular weight is 297 g/mol. The van der Waals surface area contributed by atoms with E-state index in [9.17, 15) is 9.59 Å². The summed E-state index contributed by atoms with van der Waals surface area (Å²) in [6.07, 6.45) is 0.263. The molecule has 0 spiro atoms. The molecule has 22 heavy (non-hydrogen) atoms. The third-order valence-electron chi connectivity index (χ3n) is 3.18. The average Bonchev–Trinajstić information content (AvgIpc) is 2.51. The summed E-state index contributed by atoms with van der Waals surface area (Å²) in [5, 5.41) is 5.61. The summed E-state index contributed by atoms with van der Waals surface area (Å²) in [5.74, 6) is -0.333. The highest BCUT2D eigenvalue weighted by molar-refractivity contribution is 6.05. The summed E-state index contributed by atoms with van der Waals surface area (Å²) in [6, 6.07) is 14.4. The first-order valence-corrected chi connectivity index (χ1v) is 7.07. The molecule has 0 unspecified atom stereocenters. The molecule has 2 rings (SSSR count). The predicted octanol–water partition coefficient (Wildman–Crippen LogP) is 2.53. The molecule has 0 aromatic heterocycles. The lowest BCUT2D eigenvalue weighted by Gasteiger charge is -2.11. The molecule has 0 saturated heterocycles. The van der Waals surface area contributed by atoms with E-state index in [1.54, 1.807) is 24.3 Å². The topological polar surface area (TPSA) is 84.2 Å². The maximum absolute atomic E-state index is 12.2. The number of hydrogen-bond acceptors (Lipinski definition) is 3. The monoisotopic (exact) mass is 297 g/mol. The van der Waals surface area contributed by atoms with Gasteiger partial charge in [-0.3, -0.25) is 9.59 Å². The van der Waals surface area contributed by atoms with Crippen molar-refractivity contribution in [2.24, 2.45) is 5.73 Å². The first kappa shape index (κ1) is 15.7. The zero-order valence-electron chi connectivity index (χ0n) is 12.4. The number of rotatable bonds is 5. The van der Waals surface area contributed by atoms with Crippen molar-refractivity contribution in [3.8, 4) is 0 Å². The van der Waals surface area contributed by atoms with E-state index < -0.39 is 0 Å². The van der Waals surface area contributed by atoms with Gasteiger partial charge in [0, 0.05) is 29.9 Å². The Hall–Kier alpha value is -2.66. The summed E-state index contributed by atoms with van der Waals surface area (Å²) in [6.45, 7) is 2.20. The van der Waals surface area contributed by atoms with Gasteiger partial charge in [0.25, 0.3) is 5.91 Å². The number of benzene rings is 2. The second-order valence-electron chi connectivity index (χ2n) is 4.94. The van der Waals surface area contributed by atoms with Gasteiger partial charge in [-0.25, -0.2) is 0 Å². The molecule has 5 nitrogen and oxygen atoms in total. The van der Waals surface area contributed by atoms with Crippen molar-refractivity contribution in [1.29, 1.82) is 0 Å². The second kappa shape index (κ2) is 7.38. The second-order valence-corrected chi connectivity index (χ2v) is 4.94. The maximum Gasteiger partial charge on any atom is 0.255 e. The van der Waals surface area contributed by atoms with E-state index in [-0.39, 0.29) is 18.2 Å². The minimum Gasteiger partial charge on any atom is -0.330 e. The van der Waals surface area contributed by atoms with Crippen molar-refractivity contribution in [2.75, 3.05) is 17.2 Å². The molecule has 0 bridgehead atoms. The van der Waals surface area contributed by atoms with Gasteiger partial charge in [-0.2, -0.15) is 0 Å². The third-order valence-corrected chi connectivity index (χ3v) is 3.18. The van der Waals surface area contributed by atoms with Gasteiger partial charge in [0.2, 0.25) is 5.91 Å². The molecule has 2 amide bonds. The molecule has 0 atom stereocenters. The van der Waals surface area contributed by atoms with E-state index in [1.807, 2.05) is 31.2 Å². The Morgan fingerprint density at radius 3 is 2.45 bits per heavy atom. The number of hydrogen-bond donors (Lipinski definition) is 3. The quantitative estimate of drug-likeness (QED) is 0.793. The Labute approximate surface area is 129 Å². The number of aryl methyl sites for hydroxylation is 1. The largest absolute Gasteiger partial charge is 0.330 e. The Kier molecular flexibility index (Phi) is 5.27. The fraction of sp³-hybridized carbons (Fsp3) is 0.176. The molecule has 5 heteroatoms. The van der Waals surface area contributed by atoms with Crippen LogP contribution < -0.4 is 16.4 Å². The molecule has 0 aliphatic carbocycles. The van der Waals surface area contributed by atoms with Gasteiger partial charge >= 0.3 is 0 Å². The van der Waals surface area contributed by atoms with Gasteiger partial charge in [-0.1, -0.05) is 24.3 Å². The summed E-state index contributed by atoms with van der Waals surface area (Å²) in [4.78, 5) is 23.8. The minimum absolute atomic E-state index is 0.147. The first-order valence-electron chi connectivity index (χ1n) is 7.07. The number of nitrogens with two attached hydrogens (primary N) is 1. The Balaban J connectivity index is 2.13. The predicted molar refractivity (Wildman–Crippen MR) is 87.9 cm³/mol. The van der Waals surface area contributed by atoms with Crippen molar-refractivity contribution in [2.45, 2.75) is 13.3 Å². The van der Waals surface area contributed by atoms with Crippen LogP contribution in [-0.4, -0.2) is 18.4 Å². The molecular weight excluding hydrogens is 278 g/mol. The molecule has 2 aromatic carbocycles. The highest BCUT2D eigenvalue weighted by Crippen LogP contribution is 2.21. The van der Waals surface area contributed by atoms with E-state index in [4.69, 9.17) is 5.73 Å². The van der Waals surface area contributed by atoms with Crippen molar-refractivity contribution in [3.05, 3.63) is 59.7 Å². The van der Waals surface area contributed by atoms with Crippen LogP contribution in [0, 0.1) is 6.92 Å². The van der Waals surface area contributed by atoms with E-state index in [2.05, 4.69) is 10.6 Å². The summed E-state index contributed by atoms with van der Waals surface area (Å²) in [7, 11) is 0. The van der Waals surface area contributed by atoms with Gasteiger partial charge in [0.1, 0.15) is 0 Å². The molecule has 0 radical (unpaired) electrons. The molecule has 0 heterocycles. The number of amides is 2. The fourth-order valence-electron chi connectivity index (χ4n) is 1.97. The lowest BCUT2D eigenvalue weighted by molar-refractivity contribution is -0.116. The minimum atomic E-state index is -0.186. The fourth-order valence-corrected chi connectivity index (χ4v) is 1.97.